The lowest BCUT2D eigenvalue weighted by Crippen LogP contribution is -2.35. The first-order chi connectivity index (χ1) is 17.4. The van der Waals surface area contributed by atoms with Crippen molar-refractivity contribution in [2.24, 2.45) is 5.73 Å². The Morgan fingerprint density at radius 1 is 0.917 bits per heavy atom. The van der Waals surface area contributed by atoms with Gasteiger partial charge in [-0.2, -0.15) is 0 Å². The summed E-state index contributed by atoms with van der Waals surface area (Å²) >= 11 is 0. The molecular formula is C29H29N3O3S. The molecule has 4 aromatic carbocycles. The second kappa shape index (κ2) is 10.2. The molecule has 1 aliphatic carbocycles. The smallest absolute Gasteiger partial charge is 0.241 e. The number of hydrogen-bond acceptors (Lipinski definition) is 4. The fourth-order valence-corrected chi connectivity index (χ4v) is 6.27. The highest BCUT2D eigenvalue weighted by atomic mass is 32.2. The Morgan fingerprint density at radius 3 is 2.44 bits per heavy atom. The van der Waals surface area contributed by atoms with E-state index in [4.69, 9.17) is 5.73 Å². The normalized spacial score (nSPS) is 16.0. The van der Waals surface area contributed by atoms with Crippen LogP contribution in [0.1, 0.15) is 47.2 Å². The van der Waals surface area contributed by atoms with Gasteiger partial charge in [-0.25, -0.2) is 13.1 Å². The number of rotatable bonds is 8. The molecule has 6 nitrogen and oxygen atoms in total. The molecule has 0 aromatic heterocycles. The molecule has 5 rings (SSSR count). The molecule has 0 bridgehead atoms. The maximum atomic E-state index is 13.4. The number of sulfonamides is 1. The summed E-state index contributed by atoms with van der Waals surface area (Å²) in [5, 5.41) is 4.92. The van der Waals surface area contributed by atoms with Crippen molar-refractivity contribution in [2.45, 2.75) is 42.8 Å². The summed E-state index contributed by atoms with van der Waals surface area (Å²) in [6, 6.07) is 27.1. The van der Waals surface area contributed by atoms with Crippen LogP contribution in [0.25, 0.3) is 10.8 Å². The van der Waals surface area contributed by atoms with Gasteiger partial charge in [0.05, 0.1) is 17.0 Å². The van der Waals surface area contributed by atoms with Gasteiger partial charge in [-0.3, -0.25) is 4.79 Å². The van der Waals surface area contributed by atoms with Crippen LogP contribution in [0.5, 0.6) is 0 Å². The summed E-state index contributed by atoms with van der Waals surface area (Å²) in [5.74, 6) is -0.207. The highest BCUT2D eigenvalue weighted by Gasteiger charge is 2.28. The highest BCUT2D eigenvalue weighted by molar-refractivity contribution is 7.89. The van der Waals surface area contributed by atoms with Gasteiger partial charge in [0.2, 0.25) is 15.9 Å². The van der Waals surface area contributed by atoms with Crippen molar-refractivity contribution < 1.29 is 13.2 Å². The average molecular weight is 500 g/mol. The molecule has 0 fully saturated rings. The molecule has 2 atom stereocenters. The monoisotopic (exact) mass is 499 g/mol. The third kappa shape index (κ3) is 5.04. The number of hydrogen-bond donors (Lipinski definition) is 3. The minimum Gasteiger partial charge on any atom is -0.349 e. The molecule has 0 aliphatic heterocycles. The van der Waals surface area contributed by atoms with E-state index < -0.39 is 16.1 Å². The van der Waals surface area contributed by atoms with E-state index in [1.807, 2.05) is 72.8 Å². The topological polar surface area (TPSA) is 101 Å². The quantitative estimate of drug-likeness (QED) is 0.332. The van der Waals surface area contributed by atoms with Crippen molar-refractivity contribution in [1.82, 2.24) is 10.0 Å². The molecule has 7 heteroatoms. The number of carbonyl (C=O) groups excluding carboxylic acids is 1. The van der Waals surface area contributed by atoms with Gasteiger partial charge in [0.1, 0.15) is 0 Å². The zero-order chi connectivity index (χ0) is 25.1. The second-order valence-electron chi connectivity index (χ2n) is 9.15. The maximum Gasteiger partial charge on any atom is 0.241 e. The third-order valence-corrected chi connectivity index (χ3v) is 8.31. The van der Waals surface area contributed by atoms with Crippen LogP contribution in [0, 0.1) is 0 Å². The number of benzene rings is 4. The zero-order valence-electron chi connectivity index (χ0n) is 19.9. The largest absolute Gasteiger partial charge is 0.349 e. The van der Waals surface area contributed by atoms with Crippen LogP contribution in [0.4, 0.5) is 0 Å². The van der Waals surface area contributed by atoms with E-state index in [0.29, 0.717) is 6.54 Å². The Kier molecular flexibility index (Phi) is 6.87. The standard InChI is InChI=1S/C29H29N3O3S/c30-19-23-11-6-12-26-25(23)15-16-27(26)31-29(33)18-28(21-8-2-1-3-9-21)32-36(34,35)24-14-13-20-7-4-5-10-22(20)17-24/h1-14,17,27-28,32H,15-16,18-19,30H2,(H,31,33). The first kappa shape index (κ1) is 24.2. The number of nitrogens with one attached hydrogen (secondary N) is 2. The van der Waals surface area contributed by atoms with Crippen molar-refractivity contribution in [1.29, 1.82) is 0 Å². The van der Waals surface area contributed by atoms with Crippen molar-refractivity contribution in [3.63, 3.8) is 0 Å². The van der Waals surface area contributed by atoms with Crippen LogP contribution in [0.3, 0.4) is 0 Å². The fraction of sp³-hybridized carbons (Fsp3) is 0.207. The highest BCUT2D eigenvalue weighted by Crippen LogP contribution is 2.33. The molecular weight excluding hydrogens is 470 g/mol. The van der Waals surface area contributed by atoms with Crippen molar-refractivity contribution in [2.75, 3.05) is 0 Å². The third-order valence-electron chi connectivity index (χ3n) is 6.84. The van der Waals surface area contributed by atoms with Gasteiger partial charge in [-0.05, 0) is 58.0 Å². The van der Waals surface area contributed by atoms with Crippen LogP contribution in [0.15, 0.2) is 95.9 Å². The van der Waals surface area contributed by atoms with Gasteiger partial charge in [-0.1, -0.05) is 78.9 Å². The molecule has 36 heavy (non-hydrogen) atoms. The average Bonchev–Trinajstić information content (AvgIpc) is 3.31. The van der Waals surface area contributed by atoms with Gasteiger partial charge < -0.3 is 11.1 Å². The summed E-state index contributed by atoms with van der Waals surface area (Å²) in [4.78, 5) is 13.3. The number of nitrogens with two attached hydrogens (primary N) is 1. The van der Waals surface area contributed by atoms with E-state index >= 15 is 0 Å². The summed E-state index contributed by atoms with van der Waals surface area (Å²) in [7, 11) is -3.87. The minimum atomic E-state index is -3.87. The van der Waals surface area contributed by atoms with E-state index in [9.17, 15) is 13.2 Å². The number of amides is 1. The van der Waals surface area contributed by atoms with Crippen molar-refractivity contribution in [3.8, 4) is 0 Å². The van der Waals surface area contributed by atoms with Crippen LogP contribution in [-0.4, -0.2) is 14.3 Å². The predicted octanol–water partition coefficient (Wildman–Crippen LogP) is 4.51. The fourth-order valence-electron chi connectivity index (χ4n) is 5.01. The SMILES string of the molecule is NCc1cccc2c1CCC2NC(=O)CC(NS(=O)(=O)c1ccc2ccccc2c1)c1ccccc1. The lowest BCUT2D eigenvalue weighted by molar-refractivity contribution is -0.122. The Hall–Kier alpha value is -3.52. The van der Waals surface area contributed by atoms with Gasteiger partial charge in [0.15, 0.2) is 0 Å². The first-order valence-electron chi connectivity index (χ1n) is 12.1. The lowest BCUT2D eigenvalue weighted by atomic mass is 10.0. The second-order valence-corrected chi connectivity index (χ2v) is 10.9. The van der Waals surface area contributed by atoms with Gasteiger partial charge in [0, 0.05) is 13.0 Å². The van der Waals surface area contributed by atoms with Gasteiger partial charge in [0.25, 0.3) is 0 Å². The van der Waals surface area contributed by atoms with E-state index in [-0.39, 0.29) is 23.3 Å². The molecule has 0 radical (unpaired) electrons. The van der Waals surface area contributed by atoms with Crippen molar-refractivity contribution >= 4 is 26.7 Å². The Labute approximate surface area is 211 Å². The Morgan fingerprint density at radius 2 is 1.67 bits per heavy atom. The van der Waals surface area contributed by atoms with Gasteiger partial charge >= 0.3 is 0 Å². The van der Waals surface area contributed by atoms with Crippen molar-refractivity contribution in [3.05, 3.63) is 113 Å². The first-order valence-corrected chi connectivity index (χ1v) is 13.6. The van der Waals surface area contributed by atoms with E-state index in [0.717, 1.165) is 40.3 Å². The molecule has 0 saturated heterocycles. The maximum absolute atomic E-state index is 13.4. The zero-order valence-corrected chi connectivity index (χ0v) is 20.7. The van der Waals surface area contributed by atoms with Gasteiger partial charge in [-0.15, -0.1) is 0 Å². The van der Waals surface area contributed by atoms with Crippen LogP contribution in [-0.2, 0) is 27.8 Å². The number of fused-ring (bicyclic) bond motifs is 2. The van der Waals surface area contributed by atoms with Crippen LogP contribution in [0.2, 0.25) is 0 Å². The van der Waals surface area contributed by atoms with E-state index in [1.54, 1.807) is 18.2 Å². The molecule has 184 valence electrons. The van der Waals surface area contributed by atoms with E-state index in [2.05, 4.69) is 10.0 Å². The Balaban J connectivity index is 1.37. The van der Waals surface area contributed by atoms with E-state index in [1.165, 1.54) is 5.56 Å². The molecule has 0 saturated carbocycles. The van der Waals surface area contributed by atoms with Crippen LogP contribution < -0.4 is 15.8 Å². The lowest BCUT2D eigenvalue weighted by Gasteiger charge is -2.21. The molecule has 2 unspecified atom stereocenters. The number of carbonyl (C=O) groups is 1. The molecule has 4 N–H and O–H groups in total. The summed E-state index contributed by atoms with van der Waals surface area (Å²) in [6.45, 7) is 0.469. The summed E-state index contributed by atoms with van der Waals surface area (Å²) in [6.07, 6.45) is 1.65. The minimum absolute atomic E-state index is 0.0146. The molecule has 1 aliphatic rings. The molecule has 1 amide bonds. The summed E-state index contributed by atoms with van der Waals surface area (Å²) < 4.78 is 29.5. The molecule has 4 aromatic rings. The summed E-state index contributed by atoms with van der Waals surface area (Å²) in [5.41, 5.74) is 10.0. The van der Waals surface area contributed by atoms with Crippen LogP contribution >= 0.6 is 0 Å². The predicted molar refractivity (Wildman–Crippen MR) is 142 cm³/mol. The molecule has 0 spiro atoms. The Bertz CT molecular complexity index is 1500. The molecule has 0 heterocycles.